The van der Waals surface area contributed by atoms with Gasteiger partial charge in [0.05, 0.1) is 12.2 Å². The van der Waals surface area contributed by atoms with Gasteiger partial charge in [-0.3, -0.25) is 14.9 Å². The quantitative estimate of drug-likeness (QED) is 0.664. The predicted octanol–water partition coefficient (Wildman–Crippen LogP) is 4.06. The number of carbonyl (C=O) groups is 2. The Kier molecular flexibility index (Phi) is 6.79. The van der Waals surface area contributed by atoms with Crippen LogP contribution in [0.5, 0.6) is 0 Å². The Morgan fingerprint density at radius 1 is 1.32 bits per heavy atom. The highest BCUT2D eigenvalue weighted by Crippen LogP contribution is 2.37. The maximum atomic E-state index is 11.9. The number of benzene rings is 1. The van der Waals surface area contributed by atoms with E-state index >= 15 is 0 Å². The molecule has 7 nitrogen and oxygen atoms in total. The van der Waals surface area contributed by atoms with Crippen molar-refractivity contribution in [1.82, 2.24) is 10.3 Å². The molecule has 1 saturated carbocycles. The number of aliphatic hydroxyl groups is 1. The number of hydrogen-bond donors (Lipinski definition) is 2. The normalized spacial score (nSPS) is 26.0. The molecule has 8 heteroatoms. The van der Waals surface area contributed by atoms with Gasteiger partial charge in [-0.1, -0.05) is 36.6 Å². The third kappa shape index (κ3) is 5.19. The number of rotatable bonds is 7. The Morgan fingerprint density at radius 2 is 2.16 bits per heavy atom. The molecule has 4 rings (SSSR count). The van der Waals surface area contributed by atoms with E-state index in [1.807, 2.05) is 0 Å². The average Bonchev–Trinajstić information content (AvgIpc) is 3.36. The van der Waals surface area contributed by atoms with E-state index in [1.165, 1.54) is 12.0 Å². The second-order valence-corrected chi connectivity index (χ2v) is 9.68. The molecule has 2 aliphatic rings. The van der Waals surface area contributed by atoms with Crippen LogP contribution in [0.25, 0.3) is 0 Å². The van der Waals surface area contributed by atoms with Crippen molar-refractivity contribution in [2.45, 2.75) is 69.5 Å². The van der Waals surface area contributed by atoms with Gasteiger partial charge in [-0.25, -0.2) is 4.98 Å². The maximum absolute atomic E-state index is 11.9. The Balaban J connectivity index is 1.44. The van der Waals surface area contributed by atoms with Crippen LogP contribution in [-0.2, 0) is 9.53 Å². The molecule has 2 N–H and O–H groups in total. The van der Waals surface area contributed by atoms with Crippen LogP contribution in [0, 0.1) is 19.8 Å². The molecular weight excluding hydrogens is 416 g/mol. The maximum Gasteiger partial charge on any atom is 0.286 e. The molecule has 1 aliphatic carbocycles. The average molecular weight is 445 g/mol. The van der Waals surface area contributed by atoms with Crippen LogP contribution in [0.15, 0.2) is 35.3 Å². The van der Waals surface area contributed by atoms with E-state index < -0.39 is 17.3 Å². The zero-order chi connectivity index (χ0) is 22.0. The lowest BCUT2D eigenvalue weighted by Crippen LogP contribution is -2.35. The van der Waals surface area contributed by atoms with Gasteiger partial charge in [0.1, 0.15) is 23.3 Å². The molecule has 1 saturated heterocycles. The number of aromatic nitrogens is 1. The highest BCUT2D eigenvalue weighted by atomic mass is 32.2. The van der Waals surface area contributed by atoms with Gasteiger partial charge in [0.2, 0.25) is 5.91 Å². The van der Waals surface area contributed by atoms with Crippen LogP contribution in [0.2, 0.25) is 0 Å². The van der Waals surface area contributed by atoms with Gasteiger partial charge in [0, 0.05) is 0 Å². The van der Waals surface area contributed by atoms with E-state index in [4.69, 9.17) is 9.15 Å². The summed E-state index contributed by atoms with van der Waals surface area (Å²) in [6.07, 6.45) is 6.07. The highest BCUT2D eigenvalue weighted by Gasteiger charge is 2.39. The standard InChI is InChI=1S/C23H28N2O5S/c1-13-6-7-17(14(2)8-13)20(18-11-29-12-24-18)30-16-5-3-4-15(9-16)10-19(26)21-22(27)25-23(28)31-21/h6-8,11-12,15-16,19-21,26H,3-5,9-10H2,1-2H3,(H,25,27,28)/t15-,16+,19?,20?,21?/m0/s1. The number of carbonyl (C=O) groups excluding carboxylic acids is 2. The predicted molar refractivity (Wildman–Crippen MR) is 117 cm³/mol. The van der Waals surface area contributed by atoms with Crippen molar-refractivity contribution < 1.29 is 23.8 Å². The molecule has 0 bridgehead atoms. The molecule has 1 aliphatic heterocycles. The number of ether oxygens (including phenoxy) is 1. The zero-order valence-electron chi connectivity index (χ0n) is 17.7. The van der Waals surface area contributed by atoms with E-state index in [2.05, 4.69) is 42.3 Å². The van der Waals surface area contributed by atoms with Crippen LogP contribution < -0.4 is 5.32 Å². The first-order chi connectivity index (χ1) is 14.9. The minimum absolute atomic E-state index is 0.0139. The fraction of sp³-hybridized carbons (Fsp3) is 0.522. The summed E-state index contributed by atoms with van der Waals surface area (Å²) in [5, 5.41) is 11.7. The summed E-state index contributed by atoms with van der Waals surface area (Å²) in [4.78, 5) is 27.6. The molecule has 0 radical (unpaired) electrons. The monoisotopic (exact) mass is 444 g/mol. The van der Waals surface area contributed by atoms with E-state index in [9.17, 15) is 14.7 Å². The molecule has 2 heterocycles. The van der Waals surface area contributed by atoms with E-state index in [0.29, 0.717) is 6.42 Å². The smallest absolute Gasteiger partial charge is 0.286 e. The molecule has 2 fully saturated rings. The van der Waals surface area contributed by atoms with Crippen molar-refractivity contribution >= 4 is 22.9 Å². The fourth-order valence-corrected chi connectivity index (χ4v) is 5.46. The summed E-state index contributed by atoms with van der Waals surface area (Å²) in [5.41, 5.74) is 4.15. The third-order valence-corrected chi connectivity index (χ3v) is 7.23. The van der Waals surface area contributed by atoms with Crippen molar-refractivity contribution in [1.29, 1.82) is 0 Å². The first-order valence-electron chi connectivity index (χ1n) is 10.7. The number of hydrogen-bond acceptors (Lipinski definition) is 7. The lowest BCUT2D eigenvalue weighted by molar-refractivity contribution is -0.120. The van der Waals surface area contributed by atoms with Gasteiger partial charge in [0.15, 0.2) is 6.39 Å². The summed E-state index contributed by atoms with van der Waals surface area (Å²) in [5.74, 6) is -0.165. The molecular formula is C23H28N2O5S. The molecule has 2 amide bonds. The van der Waals surface area contributed by atoms with Crippen LogP contribution in [0.1, 0.15) is 60.6 Å². The summed E-state index contributed by atoms with van der Waals surface area (Å²) in [7, 11) is 0. The number of oxazole rings is 1. The SMILES string of the molecule is Cc1ccc(C(O[C@@H]2CCC[C@H](CC(O)C3SC(=O)NC3=O)C2)c2cocn2)c(C)c1. The molecule has 3 unspecified atom stereocenters. The van der Waals surface area contributed by atoms with Crippen molar-refractivity contribution in [2.24, 2.45) is 5.92 Å². The van der Waals surface area contributed by atoms with Crippen molar-refractivity contribution in [3.8, 4) is 0 Å². The van der Waals surface area contributed by atoms with Gasteiger partial charge >= 0.3 is 0 Å². The number of imide groups is 1. The van der Waals surface area contributed by atoms with E-state index in [0.717, 1.165) is 54.3 Å². The number of thioether (sulfide) groups is 1. The van der Waals surface area contributed by atoms with E-state index in [-0.39, 0.29) is 23.4 Å². The Labute approximate surface area is 186 Å². The van der Waals surface area contributed by atoms with Gasteiger partial charge in [0.25, 0.3) is 5.24 Å². The largest absolute Gasteiger partial charge is 0.451 e. The van der Waals surface area contributed by atoms with Crippen molar-refractivity contribution in [3.05, 3.63) is 53.2 Å². The lowest BCUT2D eigenvalue weighted by Gasteiger charge is -2.33. The molecule has 31 heavy (non-hydrogen) atoms. The van der Waals surface area contributed by atoms with Gasteiger partial charge in [-0.05, 0) is 61.9 Å². The molecule has 2 aromatic rings. The van der Waals surface area contributed by atoms with Gasteiger partial charge < -0.3 is 14.3 Å². The summed E-state index contributed by atoms with van der Waals surface area (Å²) >= 11 is 0.881. The second-order valence-electron chi connectivity index (χ2n) is 8.56. The fourth-order valence-electron chi connectivity index (χ4n) is 4.63. The molecule has 0 spiro atoms. The molecule has 5 atom stereocenters. The number of nitrogens with zero attached hydrogens (tertiary/aromatic N) is 1. The van der Waals surface area contributed by atoms with Crippen LogP contribution >= 0.6 is 11.8 Å². The van der Waals surface area contributed by atoms with Gasteiger partial charge in [-0.2, -0.15) is 0 Å². The van der Waals surface area contributed by atoms with Crippen LogP contribution in [0.4, 0.5) is 4.79 Å². The van der Waals surface area contributed by atoms with Crippen LogP contribution in [-0.4, -0.2) is 38.7 Å². The first kappa shape index (κ1) is 22.0. The second kappa shape index (κ2) is 9.54. The Morgan fingerprint density at radius 3 is 2.84 bits per heavy atom. The number of nitrogens with one attached hydrogen (secondary N) is 1. The minimum Gasteiger partial charge on any atom is -0.451 e. The first-order valence-corrected chi connectivity index (χ1v) is 11.6. The van der Waals surface area contributed by atoms with Gasteiger partial charge in [-0.15, -0.1) is 0 Å². The lowest BCUT2D eigenvalue weighted by atomic mass is 9.83. The molecule has 1 aromatic heterocycles. The third-order valence-electron chi connectivity index (χ3n) is 6.13. The Bertz CT molecular complexity index is 932. The number of aryl methyl sites for hydroxylation is 2. The number of aliphatic hydroxyl groups excluding tert-OH is 1. The van der Waals surface area contributed by atoms with Crippen LogP contribution in [0.3, 0.4) is 0 Å². The summed E-state index contributed by atoms with van der Waals surface area (Å²) < 4.78 is 11.8. The van der Waals surface area contributed by atoms with Crippen molar-refractivity contribution in [3.63, 3.8) is 0 Å². The molecule has 166 valence electrons. The topological polar surface area (TPSA) is 102 Å². The summed E-state index contributed by atoms with van der Waals surface area (Å²) in [6.45, 7) is 4.14. The highest BCUT2D eigenvalue weighted by molar-refractivity contribution is 8.15. The summed E-state index contributed by atoms with van der Waals surface area (Å²) in [6, 6.07) is 6.29. The Hall–Kier alpha value is -2.16. The van der Waals surface area contributed by atoms with Crippen molar-refractivity contribution in [2.75, 3.05) is 0 Å². The number of amides is 2. The zero-order valence-corrected chi connectivity index (χ0v) is 18.6. The molecule has 1 aromatic carbocycles. The minimum atomic E-state index is -0.842. The van der Waals surface area contributed by atoms with E-state index in [1.54, 1.807) is 6.26 Å².